The summed E-state index contributed by atoms with van der Waals surface area (Å²) in [7, 11) is 0. The van der Waals surface area contributed by atoms with Crippen molar-refractivity contribution in [2.24, 2.45) is 0 Å². The summed E-state index contributed by atoms with van der Waals surface area (Å²) in [5.41, 5.74) is 0. The molecule has 0 aromatic carbocycles. The van der Waals surface area contributed by atoms with Crippen LogP contribution in [-0.4, -0.2) is 17.4 Å². The summed E-state index contributed by atoms with van der Waals surface area (Å²) in [5, 5.41) is 8.03. The summed E-state index contributed by atoms with van der Waals surface area (Å²) >= 11 is 11.0. The second kappa shape index (κ2) is 16.5. The standard InChI is InChI=1S/C7H14Cl2.C6H9NO2/c1-2-3-4-5-6-7(8)9;1-2-9-6(8)4-3-5-7/h7H,2-6H2,1H3;2-4H2,1H3. The van der Waals surface area contributed by atoms with Crippen molar-refractivity contribution in [2.45, 2.75) is 63.6 Å². The fourth-order valence-electron chi connectivity index (χ4n) is 1.12. The van der Waals surface area contributed by atoms with Gasteiger partial charge >= 0.3 is 5.97 Å². The first-order valence-corrected chi connectivity index (χ1v) is 7.26. The van der Waals surface area contributed by atoms with Crippen LogP contribution in [0.25, 0.3) is 0 Å². The number of nitrogens with zero attached hydrogens (tertiary/aromatic N) is 1. The van der Waals surface area contributed by atoms with E-state index < -0.39 is 0 Å². The first-order chi connectivity index (χ1) is 8.58. The summed E-state index contributed by atoms with van der Waals surface area (Å²) < 4.78 is 4.55. The maximum absolute atomic E-state index is 10.4. The highest BCUT2D eigenvalue weighted by Gasteiger charge is 1.98. The van der Waals surface area contributed by atoms with Crippen molar-refractivity contribution in [3.63, 3.8) is 0 Å². The Morgan fingerprint density at radius 3 is 2.39 bits per heavy atom. The smallest absolute Gasteiger partial charge is 0.306 e. The van der Waals surface area contributed by atoms with E-state index in [1.54, 1.807) is 6.92 Å². The summed E-state index contributed by atoms with van der Waals surface area (Å²) in [5.74, 6) is -0.293. The van der Waals surface area contributed by atoms with Crippen molar-refractivity contribution in [1.29, 1.82) is 5.26 Å². The molecule has 0 aliphatic heterocycles. The molecule has 0 fully saturated rings. The van der Waals surface area contributed by atoms with Gasteiger partial charge in [-0.3, -0.25) is 4.79 Å². The molecule has 0 aliphatic rings. The summed E-state index contributed by atoms with van der Waals surface area (Å²) in [6, 6.07) is 1.86. The van der Waals surface area contributed by atoms with Gasteiger partial charge in [0.2, 0.25) is 0 Å². The van der Waals surface area contributed by atoms with Crippen LogP contribution in [0.1, 0.15) is 58.8 Å². The Bertz CT molecular complexity index is 228. The molecular weight excluding hydrogens is 273 g/mol. The lowest BCUT2D eigenvalue weighted by molar-refractivity contribution is -0.142. The SMILES string of the molecule is CCCCCCC(Cl)Cl.CCOC(=O)CCC#N. The molecule has 0 saturated heterocycles. The van der Waals surface area contributed by atoms with Crippen LogP contribution in [0.3, 0.4) is 0 Å². The number of hydrogen-bond donors (Lipinski definition) is 0. The second-order valence-electron chi connectivity index (χ2n) is 3.70. The predicted octanol–water partition coefficient (Wildman–Crippen LogP) is 4.61. The van der Waals surface area contributed by atoms with Gasteiger partial charge in [0, 0.05) is 6.42 Å². The van der Waals surface area contributed by atoms with Gasteiger partial charge in [0.25, 0.3) is 0 Å². The lowest BCUT2D eigenvalue weighted by Gasteiger charge is -1.98. The van der Waals surface area contributed by atoms with Gasteiger partial charge in [-0.2, -0.15) is 5.26 Å². The number of carbonyl (C=O) groups excluding carboxylic acids is 1. The first-order valence-electron chi connectivity index (χ1n) is 6.39. The van der Waals surface area contributed by atoms with Crippen LogP contribution in [0.5, 0.6) is 0 Å². The first kappa shape index (κ1) is 19.9. The average Bonchev–Trinajstić information content (AvgIpc) is 2.33. The molecule has 0 aromatic heterocycles. The van der Waals surface area contributed by atoms with E-state index in [4.69, 9.17) is 28.5 Å². The van der Waals surface area contributed by atoms with E-state index in [0.29, 0.717) is 6.61 Å². The molecule has 0 rings (SSSR count). The molecule has 0 spiro atoms. The molecular formula is C13H23Cl2NO2. The zero-order chi connectivity index (χ0) is 14.2. The number of unbranched alkanes of at least 4 members (excludes halogenated alkanes) is 3. The van der Waals surface area contributed by atoms with Gasteiger partial charge in [-0.15, -0.1) is 23.2 Å². The minimum atomic E-state index is -0.293. The number of esters is 1. The largest absolute Gasteiger partial charge is 0.466 e. The highest BCUT2D eigenvalue weighted by Crippen LogP contribution is 2.12. The highest BCUT2D eigenvalue weighted by molar-refractivity contribution is 6.44. The molecule has 0 unspecified atom stereocenters. The van der Waals surface area contributed by atoms with E-state index in [0.717, 1.165) is 6.42 Å². The Hall–Kier alpha value is -0.460. The maximum Gasteiger partial charge on any atom is 0.306 e. The second-order valence-corrected chi connectivity index (χ2v) is 4.98. The molecule has 0 saturated carbocycles. The number of ether oxygens (including phenoxy) is 1. The normalized spacial score (nSPS) is 9.33. The number of halogens is 2. The molecule has 0 heterocycles. The van der Waals surface area contributed by atoms with Crippen molar-refractivity contribution in [3.8, 4) is 6.07 Å². The van der Waals surface area contributed by atoms with E-state index in [9.17, 15) is 4.79 Å². The van der Waals surface area contributed by atoms with Crippen molar-refractivity contribution in [2.75, 3.05) is 6.61 Å². The van der Waals surface area contributed by atoms with E-state index in [1.807, 2.05) is 6.07 Å². The van der Waals surface area contributed by atoms with Crippen LogP contribution >= 0.6 is 23.2 Å². The minimum absolute atomic E-state index is 0.151. The third-order valence-corrected chi connectivity index (χ3v) is 2.46. The minimum Gasteiger partial charge on any atom is -0.466 e. The zero-order valence-electron chi connectivity index (χ0n) is 11.3. The molecule has 0 aliphatic carbocycles. The van der Waals surface area contributed by atoms with Gasteiger partial charge in [0.05, 0.1) is 19.1 Å². The highest BCUT2D eigenvalue weighted by atomic mass is 35.5. The molecule has 0 aromatic rings. The average molecular weight is 296 g/mol. The fourth-order valence-corrected chi connectivity index (χ4v) is 1.43. The maximum atomic E-state index is 10.4. The number of carbonyl (C=O) groups is 1. The lowest BCUT2D eigenvalue weighted by Crippen LogP contribution is -2.02. The van der Waals surface area contributed by atoms with Crippen LogP contribution in [-0.2, 0) is 9.53 Å². The molecule has 0 amide bonds. The van der Waals surface area contributed by atoms with Crippen LogP contribution in [0.15, 0.2) is 0 Å². The molecule has 0 atom stereocenters. The molecule has 0 bridgehead atoms. The van der Waals surface area contributed by atoms with E-state index in [-0.39, 0.29) is 23.6 Å². The molecule has 0 N–H and O–H groups in total. The lowest BCUT2D eigenvalue weighted by atomic mass is 10.2. The molecule has 0 radical (unpaired) electrons. The molecule has 3 nitrogen and oxygen atoms in total. The third-order valence-electron chi connectivity index (χ3n) is 2.02. The van der Waals surface area contributed by atoms with Crippen molar-refractivity contribution < 1.29 is 9.53 Å². The number of hydrogen-bond acceptors (Lipinski definition) is 3. The summed E-state index contributed by atoms with van der Waals surface area (Å²) in [6.07, 6.45) is 6.43. The van der Waals surface area contributed by atoms with Gasteiger partial charge < -0.3 is 4.74 Å². The molecule has 106 valence electrons. The van der Waals surface area contributed by atoms with Gasteiger partial charge in [-0.1, -0.05) is 32.6 Å². The van der Waals surface area contributed by atoms with E-state index >= 15 is 0 Å². The van der Waals surface area contributed by atoms with Crippen molar-refractivity contribution in [1.82, 2.24) is 0 Å². The van der Waals surface area contributed by atoms with Crippen molar-refractivity contribution >= 4 is 29.2 Å². The van der Waals surface area contributed by atoms with Crippen LogP contribution in [0.4, 0.5) is 0 Å². The van der Waals surface area contributed by atoms with E-state index in [1.165, 1.54) is 25.7 Å². The van der Waals surface area contributed by atoms with Gasteiger partial charge in [0.1, 0.15) is 4.84 Å². The van der Waals surface area contributed by atoms with Gasteiger partial charge in [-0.25, -0.2) is 0 Å². The summed E-state index contributed by atoms with van der Waals surface area (Å²) in [4.78, 5) is 10.3. The Morgan fingerprint density at radius 2 is 1.94 bits per heavy atom. The fraction of sp³-hybridized carbons (Fsp3) is 0.846. The van der Waals surface area contributed by atoms with Crippen LogP contribution in [0.2, 0.25) is 0 Å². The number of rotatable bonds is 8. The zero-order valence-corrected chi connectivity index (χ0v) is 12.8. The molecule has 18 heavy (non-hydrogen) atoms. The Labute approximate surface area is 120 Å². The van der Waals surface area contributed by atoms with E-state index in [2.05, 4.69) is 11.7 Å². The Morgan fingerprint density at radius 1 is 1.28 bits per heavy atom. The van der Waals surface area contributed by atoms with Crippen LogP contribution < -0.4 is 0 Å². The third kappa shape index (κ3) is 20.9. The van der Waals surface area contributed by atoms with Gasteiger partial charge in [-0.05, 0) is 13.3 Å². The number of alkyl halides is 2. The Kier molecular flexibility index (Phi) is 18.3. The Balaban J connectivity index is 0. The van der Waals surface area contributed by atoms with Gasteiger partial charge in [0.15, 0.2) is 0 Å². The monoisotopic (exact) mass is 295 g/mol. The predicted molar refractivity (Wildman–Crippen MR) is 75.7 cm³/mol. The topological polar surface area (TPSA) is 50.1 Å². The molecule has 5 heteroatoms. The summed E-state index contributed by atoms with van der Waals surface area (Å²) in [6.45, 7) is 4.33. The quantitative estimate of drug-likeness (QED) is 0.373. The van der Waals surface area contributed by atoms with Crippen molar-refractivity contribution in [3.05, 3.63) is 0 Å². The van der Waals surface area contributed by atoms with Crippen LogP contribution in [0, 0.1) is 11.3 Å². The number of nitriles is 1.